The van der Waals surface area contributed by atoms with Crippen molar-refractivity contribution in [2.24, 2.45) is 0 Å². The molecule has 0 saturated carbocycles. The standard InChI is InChI=1S/C85H151NO18/c1-3-5-7-9-11-13-15-17-19-21-23-25-27-29-31-32-33-34-35-36-37-39-41-43-45-47-49-51-53-55-57-59-61-63-73(91)86-68(69(90)62-60-58-56-54-52-50-48-46-44-42-40-38-30-28-26-24-22-20-18-16-14-12-10-8-6-4-2)67-99-83-79(97)76(94)81(71(65-88)101-83)104-85-80(98)77(95)82(72(66-89)102-85)103-84-78(96)75(93)74(92)70(64-87)100-84/h5,7,11,13,17,19,23,25,29,31,33-34,36-37,68-72,74-85,87-90,92-98H,3-4,6,8-10,12,14-16,18,20-22,24,26-28,30,32,35,38-67H2,1-2H3,(H,86,91)/b7-5-,13-11-,19-17-,25-23-,31-29-,34-33-,37-36-. The fourth-order valence-electron chi connectivity index (χ4n) is 13.8. The molecule has 0 aromatic rings. The molecule has 0 bridgehead atoms. The van der Waals surface area contributed by atoms with Gasteiger partial charge in [-0.25, -0.2) is 0 Å². The van der Waals surface area contributed by atoms with E-state index in [9.17, 15) is 61.0 Å². The summed E-state index contributed by atoms with van der Waals surface area (Å²) in [4.78, 5) is 13.5. The topological polar surface area (TPSA) is 307 Å². The average molecular weight is 1480 g/mol. The first kappa shape index (κ1) is 95.2. The molecule has 0 spiro atoms. The summed E-state index contributed by atoms with van der Waals surface area (Å²) in [5.41, 5.74) is 0. The number of rotatable bonds is 66. The number of allylic oxidation sites excluding steroid dienone is 14. The summed E-state index contributed by atoms with van der Waals surface area (Å²) >= 11 is 0. The van der Waals surface area contributed by atoms with Gasteiger partial charge in [0.15, 0.2) is 18.9 Å². The Hall–Kier alpha value is -3.03. The number of nitrogens with one attached hydrogen (secondary N) is 1. The summed E-state index contributed by atoms with van der Waals surface area (Å²) in [5, 5.41) is 121. The minimum absolute atomic E-state index is 0.245. The van der Waals surface area contributed by atoms with Crippen molar-refractivity contribution in [2.45, 2.75) is 420 Å². The molecule has 3 fully saturated rings. The van der Waals surface area contributed by atoms with Gasteiger partial charge in [0.05, 0.1) is 38.6 Å². The maximum atomic E-state index is 13.5. The largest absolute Gasteiger partial charge is 0.394 e. The highest BCUT2D eigenvalue weighted by atomic mass is 16.8. The van der Waals surface area contributed by atoms with Crippen LogP contribution in [-0.4, -0.2) is 193 Å². The Morgan fingerprint density at radius 3 is 1.04 bits per heavy atom. The summed E-state index contributed by atoms with van der Waals surface area (Å²) in [7, 11) is 0. The molecule has 3 aliphatic heterocycles. The highest BCUT2D eigenvalue weighted by Crippen LogP contribution is 2.33. The van der Waals surface area contributed by atoms with Crippen molar-refractivity contribution in [1.82, 2.24) is 5.32 Å². The molecule has 0 radical (unpaired) electrons. The van der Waals surface area contributed by atoms with Crippen LogP contribution in [-0.2, 0) is 33.2 Å². The van der Waals surface area contributed by atoms with Crippen molar-refractivity contribution >= 4 is 5.91 Å². The fraction of sp³-hybridized carbons (Fsp3) is 0.824. The molecule has 19 nitrogen and oxygen atoms in total. The van der Waals surface area contributed by atoms with E-state index in [-0.39, 0.29) is 18.9 Å². The lowest BCUT2D eigenvalue weighted by Gasteiger charge is -2.48. The summed E-state index contributed by atoms with van der Waals surface area (Å²) < 4.78 is 34.6. The minimum Gasteiger partial charge on any atom is -0.394 e. The molecule has 3 heterocycles. The Balaban J connectivity index is 1.36. The molecular formula is C85H151NO18. The zero-order valence-corrected chi connectivity index (χ0v) is 64.7. The highest BCUT2D eigenvalue weighted by molar-refractivity contribution is 5.76. The lowest BCUT2D eigenvalue weighted by Crippen LogP contribution is -2.66. The van der Waals surface area contributed by atoms with Gasteiger partial charge in [0.1, 0.15) is 73.2 Å². The maximum Gasteiger partial charge on any atom is 0.220 e. The van der Waals surface area contributed by atoms with Gasteiger partial charge in [-0.05, 0) is 70.6 Å². The number of unbranched alkanes of at least 4 members (excludes halogenated alkanes) is 36. The third-order valence-electron chi connectivity index (χ3n) is 20.5. The third kappa shape index (κ3) is 44.0. The van der Waals surface area contributed by atoms with E-state index in [0.29, 0.717) is 12.8 Å². The molecule has 12 N–H and O–H groups in total. The summed E-state index contributed by atoms with van der Waals surface area (Å²) in [5.74, 6) is -0.245. The predicted molar refractivity (Wildman–Crippen MR) is 415 cm³/mol. The van der Waals surface area contributed by atoms with Gasteiger partial charge in [-0.1, -0.05) is 324 Å². The fourth-order valence-corrected chi connectivity index (χ4v) is 13.8. The van der Waals surface area contributed by atoms with Gasteiger partial charge in [0.2, 0.25) is 5.91 Å². The summed E-state index contributed by atoms with van der Waals surface area (Å²) in [6.07, 6.45) is 59.5. The number of hydrogen-bond acceptors (Lipinski definition) is 18. The third-order valence-corrected chi connectivity index (χ3v) is 20.5. The van der Waals surface area contributed by atoms with Gasteiger partial charge < -0.3 is 89.9 Å². The van der Waals surface area contributed by atoms with Crippen LogP contribution in [0.1, 0.15) is 316 Å². The second-order valence-corrected chi connectivity index (χ2v) is 29.6. The van der Waals surface area contributed by atoms with E-state index in [1.165, 1.54) is 186 Å². The van der Waals surface area contributed by atoms with Crippen molar-refractivity contribution in [3.8, 4) is 0 Å². The Morgan fingerprint density at radius 2 is 0.663 bits per heavy atom. The Morgan fingerprint density at radius 1 is 0.356 bits per heavy atom. The van der Waals surface area contributed by atoms with E-state index in [0.717, 1.165) is 96.3 Å². The predicted octanol–water partition coefficient (Wildman–Crippen LogP) is 14.6. The zero-order chi connectivity index (χ0) is 75.3. The quantitative estimate of drug-likeness (QED) is 0.0199. The van der Waals surface area contributed by atoms with Crippen LogP contribution < -0.4 is 5.32 Å². The number of amides is 1. The molecule has 604 valence electrons. The molecule has 19 heteroatoms. The molecular weight excluding hydrogens is 1320 g/mol. The van der Waals surface area contributed by atoms with Crippen LogP contribution >= 0.6 is 0 Å². The molecule has 3 aliphatic rings. The number of carbonyl (C=O) groups excluding carboxylic acids is 1. The molecule has 0 aromatic carbocycles. The van der Waals surface area contributed by atoms with Gasteiger partial charge >= 0.3 is 0 Å². The van der Waals surface area contributed by atoms with Gasteiger partial charge in [0.25, 0.3) is 0 Å². The lowest BCUT2D eigenvalue weighted by atomic mass is 9.96. The SMILES string of the molecule is CC/C=C\C/C=C\C/C=C\C/C=C\C/C=C\C/C=C\C/C=C\CCCCCCCCCCCCCC(=O)NC(COC1OC(CO)C(OC2OC(CO)C(OC3OC(CO)C(O)C(O)C3O)C(O)C2O)C(O)C1O)C(O)CCCCCCCCCCCCCCCCCCCCCCCCCCCC. The highest BCUT2D eigenvalue weighted by Gasteiger charge is 2.54. The van der Waals surface area contributed by atoms with Crippen LogP contribution in [0.15, 0.2) is 85.1 Å². The Bertz CT molecular complexity index is 2210. The van der Waals surface area contributed by atoms with Gasteiger partial charge in [-0.2, -0.15) is 0 Å². The normalized spacial score (nSPS) is 26.3. The van der Waals surface area contributed by atoms with E-state index in [4.69, 9.17) is 28.4 Å². The first-order chi connectivity index (χ1) is 50.8. The maximum absolute atomic E-state index is 13.5. The van der Waals surface area contributed by atoms with Crippen molar-refractivity contribution in [1.29, 1.82) is 0 Å². The first-order valence-electron chi connectivity index (χ1n) is 41.8. The second kappa shape index (κ2) is 64.8. The van der Waals surface area contributed by atoms with Crippen LogP contribution in [0.2, 0.25) is 0 Å². The molecule has 104 heavy (non-hydrogen) atoms. The number of carbonyl (C=O) groups is 1. The molecule has 3 saturated heterocycles. The smallest absolute Gasteiger partial charge is 0.220 e. The molecule has 0 aromatic heterocycles. The van der Waals surface area contributed by atoms with E-state index < -0.39 is 124 Å². The van der Waals surface area contributed by atoms with Crippen molar-refractivity contribution in [3.63, 3.8) is 0 Å². The van der Waals surface area contributed by atoms with Crippen LogP contribution in [0.4, 0.5) is 0 Å². The average Bonchev–Trinajstić information content (AvgIpc) is 0.783. The van der Waals surface area contributed by atoms with Crippen LogP contribution in [0.3, 0.4) is 0 Å². The number of aliphatic hydroxyl groups excluding tert-OH is 11. The Labute approximate surface area is 629 Å². The molecule has 1 amide bonds. The number of aliphatic hydroxyl groups is 11. The van der Waals surface area contributed by atoms with Crippen LogP contribution in [0.25, 0.3) is 0 Å². The molecule has 17 atom stereocenters. The van der Waals surface area contributed by atoms with Crippen molar-refractivity contribution in [2.75, 3.05) is 26.4 Å². The molecule has 3 rings (SSSR count). The van der Waals surface area contributed by atoms with E-state index in [1.807, 2.05) is 0 Å². The molecule has 17 unspecified atom stereocenters. The van der Waals surface area contributed by atoms with Crippen LogP contribution in [0.5, 0.6) is 0 Å². The van der Waals surface area contributed by atoms with Crippen molar-refractivity contribution < 1.29 is 89.4 Å². The van der Waals surface area contributed by atoms with Gasteiger partial charge in [-0.15, -0.1) is 0 Å². The van der Waals surface area contributed by atoms with Crippen LogP contribution in [0, 0.1) is 0 Å². The summed E-state index contributed by atoms with van der Waals surface area (Å²) in [6.45, 7) is 1.72. The second-order valence-electron chi connectivity index (χ2n) is 29.6. The Kier molecular flexibility index (Phi) is 59.3. The minimum atomic E-state index is -1.98. The van der Waals surface area contributed by atoms with E-state index in [1.54, 1.807) is 0 Å². The van der Waals surface area contributed by atoms with E-state index >= 15 is 0 Å². The number of hydrogen-bond donors (Lipinski definition) is 12. The summed E-state index contributed by atoms with van der Waals surface area (Å²) in [6, 6.07) is -0.896. The van der Waals surface area contributed by atoms with Crippen molar-refractivity contribution in [3.05, 3.63) is 85.1 Å². The first-order valence-corrected chi connectivity index (χ1v) is 41.8. The lowest BCUT2D eigenvalue weighted by molar-refractivity contribution is -0.379. The molecule has 0 aliphatic carbocycles. The van der Waals surface area contributed by atoms with Gasteiger partial charge in [0, 0.05) is 6.42 Å². The van der Waals surface area contributed by atoms with E-state index in [2.05, 4.69) is 104 Å². The zero-order valence-electron chi connectivity index (χ0n) is 64.7. The monoisotopic (exact) mass is 1470 g/mol. The number of ether oxygens (including phenoxy) is 6. The van der Waals surface area contributed by atoms with Gasteiger partial charge in [-0.3, -0.25) is 4.79 Å².